The van der Waals surface area contributed by atoms with E-state index in [2.05, 4.69) is 10.2 Å². The van der Waals surface area contributed by atoms with E-state index < -0.39 is 0 Å². The molecule has 0 aromatic heterocycles. The van der Waals surface area contributed by atoms with Gasteiger partial charge in [0.05, 0.1) is 0 Å². The van der Waals surface area contributed by atoms with Crippen molar-refractivity contribution in [2.45, 2.75) is 18.9 Å². The minimum absolute atomic E-state index is 0.136. The Hall–Kier alpha value is -1.30. The first-order valence-corrected chi connectivity index (χ1v) is 7.79. The molecule has 3 rings (SSSR count). The molecule has 2 saturated heterocycles. The molecule has 5 heteroatoms. The Morgan fingerprint density at radius 3 is 2.29 bits per heavy atom. The van der Waals surface area contributed by atoms with Crippen molar-refractivity contribution in [3.05, 3.63) is 23.8 Å². The maximum Gasteiger partial charge on any atom is 0.119 e. The zero-order chi connectivity index (χ0) is 14.7. The van der Waals surface area contributed by atoms with E-state index in [-0.39, 0.29) is 17.5 Å². The summed E-state index contributed by atoms with van der Waals surface area (Å²) in [6.45, 7) is 5.59. The van der Waals surface area contributed by atoms with Crippen LogP contribution in [0, 0.1) is 5.92 Å². The van der Waals surface area contributed by atoms with Gasteiger partial charge in [0.25, 0.3) is 0 Å². The first-order chi connectivity index (χ1) is 10.2. The molecule has 0 amide bonds. The molecule has 21 heavy (non-hydrogen) atoms. The molecule has 3 N–H and O–H groups in total. The van der Waals surface area contributed by atoms with Crippen LogP contribution in [0.3, 0.4) is 0 Å². The Labute approximate surface area is 125 Å². The average molecular weight is 292 g/mol. The Kier molecular flexibility index (Phi) is 4.63. The number of ether oxygens (including phenoxy) is 1. The topological polar surface area (TPSA) is 65.0 Å². The van der Waals surface area contributed by atoms with Gasteiger partial charge in [0, 0.05) is 51.5 Å². The molecule has 0 spiro atoms. The van der Waals surface area contributed by atoms with Crippen LogP contribution in [0.15, 0.2) is 18.2 Å². The molecule has 1 aromatic carbocycles. The van der Waals surface area contributed by atoms with Crippen LogP contribution in [0.25, 0.3) is 0 Å². The van der Waals surface area contributed by atoms with Crippen LogP contribution >= 0.6 is 0 Å². The van der Waals surface area contributed by atoms with Crippen molar-refractivity contribution in [2.75, 3.05) is 39.4 Å². The quantitative estimate of drug-likeness (QED) is 0.787. The van der Waals surface area contributed by atoms with E-state index in [1.165, 1.54) is 6.07 Å². The number of hydrogen-bond donors (Lipinski definition) is 3. The number of nitrogens with zero attached hydrogens (tertiary/aromatic N) is 1. The molecular formula is C16H24N2O3. The number of nitrogens with one attached hydrogen (secondary N) is 1. The second-order valence-electron chi connectivity index (χ2n) is 5.96. The van der Waals surface area contributed by atoms with Crippen molar-refractivity contribution < 1.29 is 14.9 Å². The van der Waals surface area contributed by atoms with Crippen LogP contribution in [0.5, 0.6) is 11.5 Å². The summed E-state index contributed by atoms with van der Waals surface area (Å²) in [7, 11) is 0. The normalized spacial score (nSPS) is 23.0. The lowest BCUT2D eigenvalue weighted by molar-refractivity contribution is 0.0212. The van der Waals surface area contributed by atoms with Crippen molar-refractivity contribution in [3.63, 3.8) is 0 Å². The maximum atomic E-state index is 9.82. The van der Waals surface area contributed by atoms with Gasteiger partial charge < -0.3 is 20.3 Å². The SMILES string of the molecule is Oc1cc(O)cc([C@@H](C2CCOCC2)N2CCNCC2)c1. The third-order valence-corrected chi connectivity index (χ3v) is 4.52. The molecule has 2 fully saturated rings. The van der Waals surface area contributed by atoms with Crippen LogP contribution in [0.1, 0.15) is 24.4 Å². The van der Waals surface area contributed by atoms with Gasteiger partial charge in [-0.1, -0.05) is 0 Å². The predicted octanol–water partition coefficient (Wildman–Crippen LogP) is 1.47. The summed E-state index contributed by atoms with van der Waals surface area (Å²) >= 11 is 0. The number of rotatable bonds is 3. The molecule has 0 aliphatic carbocycles. The molecule has 2 aliphatic rings. The Bertz CT molecular complexity index is 430. The molecule has 0 unspecified atom stereocenters. The van der Waals surface area contributed by atoms with Gasteiger partial charge in [-0.3, -0.25) is 4.90 Å². The standard InChI is InChI=1S/C16H24N2O3/c19-14-9-13(10-15(20)11-14)16(12-1-7-21-8-2-12)18-5-3-17-4-6-18/h9-12,16-17,19-20H,1-8H2/t16-/m1/s1. The van der Waals surface area contributed by atoms with E-state index in [0.29, 0.717) is 5.92 Å². The first-order valence-electron chi connectivity index (χ1n) is 7.79. The molecule has 1 aromatic rings. The lowest BCUT2D eigenvalue weighted by atomic mass is 9.85. The van der Waals surface area contributed by atoms with E-state index in [0.717, 1.165) is 57.8 Å². The molecule has 1 atom stereocenters. The van der Waals surface area contributed by atoms with Crippen molar-refractivity contribution in [1.29, 1.82) is 0 Å². The number of phenols is 2. The van der Waals surface area contributed by atoms with E-state index >= 15 is 0 Å². The van der Waals surface area contributed by atoms with Crippen molar-refractivity contribution in [1.82, 2.24) is 10.2 Å². The van der Waals surface area contributed by atoms with Gasteiger partial charge in [-0.25, -0.2) is 0 Å². The van der Waals surface area contributed by atoms with Crippen LogP contribution < -0.4 is 5.32 Å². The van der Waals surface area contributed by atoms with Gasteiger partial charge in [-0.05, 0) is 36.5 Å². The summed E-state index contributed by atoms with van der Waals surface area (Å²) in [5, 5.41) is 23.0. The number of aromatic hydroxyl groups is 2. The van der Waals surface area contributed by atoms with E-state index in [1.807, 2.05) is 0 Å². The molecule has 116 valence electrons. The summed E-state index contributed by atoms with van der Waals surface area (Å²) in [5.41, 5.74) is 1.02. The van der Waals surface area contributed by atoms with Gasteiger partial charge in [-0.2, -0.15) is 0 Å². The molecule has 5 nitrogen and oxygen atoms in total. The maximum absolute atomic E-state index is 9.82. The fourth-order valence-corrected chi connectivity index (χ4v) is 3.56. The number of piperazine rings is 1. The summed E-state index contributed by atoms with van der Waals surface area (Å²) in [6.07, 6.45) is 2.07. The van der Waals surface area contributed by atoms with Gasteiger partial charge >= 0.3 is 0 Å². The van der Waals surface area contributed by atoms with Gasteiger partial charge in [0.15, 0.2) is 0 Å². The second kappa shape index (κ2) is 6.64. The molecule has 0 saturated carbocycles. The van der Waals surface area contributed by atoms with Crippen molar-refractivity contribution in [3.8, 4) is 11.5 Å². The van der Waals surface area contributed by atoms with Crippen LogP contribution in [-0.4, -0.2) is 54.5 Å². The highest BCUT2D eigenvalue weighted by molar-refractivity contribution is 5.38. The lowest BCUT2D eigenvalue weighted by Gasteiger charge is -2.41. The first kappa shape index (κ1) is 14.6. The highest BCUT2D eigenvalue weighted by Gasteiger charge is 2.31. The molecule has 2 heterocycles. The van der Waals surface area contributed by atoms with E-state index in [9.17, 15) is 10.2 Å². The Morgan fingerprint density at radius 1 is 1.05 bits per heavy atom. The largest absolute Gasteiger partial charge is 0.508 e. The van der Waals surface area contributed by atoms with E-state index in [4.69, 9.17) is 4.74 Å². The predicted molar refractivity (Wildman–Crippen MR) is 80.5 cm³/mol. The molecular weight excluding hydrogens is 268 g/mol. The lowest BCUT2D eigenvalue weighted by Crippen LogP contribution is -2.47. The van der Waals surface area contributed by atoms with Gasteiger partial charge in [-0.15, -0.1) is 0 Å². The minimum atomic E-state index is 0.136. The van der Waals surface area contributed by atoms with Crippen LogP contribution in [0.4, 0.5) is 0 Å². The number of hydrogen-bond acceptors (Lipinski definition) is 5. The third-order valence-electron chi connectivity index (χ3n) is 4.52. The smallest absolute Gasteiger partial charge is 0.119 e. The van der Waals surface area contributed by atoms with E-state index in [1.54, 1.807) is 12.1 Å². The summed E-state index contributed by atoms with van der Waals surface area (Å²) in [6, 6.07) is 5.22. The molecule has 0 radical (unpaired) electrons. The third kappa shape index (κ3) is 3.48. The highest BCUT2D eigenvalue weighted by atomic mass is 16.5. The van der Waals surface area contributed by atoms with Gasteiger partial charge in [0.1, 0.15) is 11.5 Å². The molecule has 2 aliphatic heterocycles. The fourth-order valence-electron chi connectivity index (χ4n) is 3.56. The summed E-state index contributed by atoms with van der Waals surface area (Å²) in [4.78, 5) is 2.47. The van der Waals surface area contributed by atoms with Gasteiger partial charge in [0.2, 0.25) is 0 Å². The van der Waals surface area contributed by atoms with Crippen LogP contribution in [-0.2, 0) is 4.74 Å². The van der Waals surface area contributed by atoms with Crippen LogP contribution in [0.2, 0.25) is 0 Å². The van der Waals surface area contributed by atoms with Crippen molar-refractivity contribution >= 4 is 0 Å². The number of benzene rings is 1. The minimum Gasteiger partial charge on any atom is -0.508 e. The average Bonchev–Trinajstić information content (AvgIpc) is 2.49. The zero-order valence-corrected chi connectivity index (χ0v) is 12.3. The monoisotopic (exact) mass is 292 g/mol. The Balaban J connectivity index is 1.89. The highest BCUT2D eigenvalue weighted by Crippen LogP contribution is 2.37. The Morgan fingerprint density at radius 2 is 1.67 bits per heavy atom. The number of phenolic OH excluding ortho intramolecular Hbond substituents is 2. The van der Waals surface area contributed by atoms with Crippen molar-refractivity contribution in [2.24, 2.45) is 5.92 Å². The molecule has 0 bridgehead atoms. The second-order valence-corrected chi connectivity index (χ2v) is 5.96. The zero-order valence-electron chi connectivity index (χ0n) is 12.3. The summed E-state index contributed by atoms with van der Waals surface area (Å²) < 4.78 is 5.49. The summed E-state index contributed by atoms with van der Waals surface area (Å²) in [5.74, 6) is 0.785. The fraction of sp³-hybridized carbons (Fsp3) is 0.625.